The number of cyclic esters (lactones) is 1. The number of nitrogens with two attached hydrogens (primary N) is 1. The molecule has 21 heavy (non-hydrogen) atoms. The summed E-state index contributed by atoms with van der Waals surface area (Å²) >= 11 is 0. The van der Waals surface area contributed by atoms with Crippen LogP contribution >= 0.6 is 0 Å². The van der Waals surface area contributed by atoms with Crippen molar-refractivity contribution in [2.75, 3.05) is 23.4 Å². The van der Waals surface area contributed by atoms with E-state index < -0.39 is 5.54 Å². The number of amides is 2. The van der Waals surface area contributed by atoms with Crippen molar-refractivity contribution >= 4 is 23.4 Å². The number of benzene rings is 1. The molecule has 1 aliphatic heterocycles. The number of anilines is 2. The molecule has 1 aromatic carbocycles. The Labute approximate surface area is 123 Å². The van der Waals surface area contributed by atoms with Crippen LogP contribution in [0, 0.1) is 5.92 Å². The molecule has 1 heterocycles. The molecule has 2 aliphatic rings. The second-order valence-electron chi connectivity index (χ2n) is 5.83. The molecule has 0 bridgehead atoms. The van der Waals surface area contributed by atoms with Gasteiger partial charge in [0, 0.05) is 11.4 Å². The summed E-state index contributed by atoms with van der Waals surface area (Å²) < 4.78 is 4.91. The molecule has 1 aromatic rings. The minimum absolute atomic E-state index is 0.189. The Morgan fingerprint density at radius 1 is 1.48 bits per heavy atom. The van der Waals surface area contributed by atoms with Crippen molar-refractivity contribution in [2.24, 2.45) is 11.7 Å². The molecule has 3 rings (SSSR count). The summed E-state index contributed by atoms with van der Waals surface area (Å²) in [5.41, 5.74) is 6.60. The molecule has 2 fully saturated rings. The van der Waals surface area contributed by atoms with Gasteiger partial charge in [0.05, 0.1) is 12.1 Å². The van der Waals surface area contributed by atoms with Crippen molar-refractivity contribution in [3.05, 3.63) is 24.3 Å². The lowest BCUT2D eigenvalue weighted by Crippen LogP contribution is -2.50. The summed E-state index contributed by atoms with van der Waals surface area (Å²) in [6.07, 6.45) is 1.64. The third kappa shape index (κ3) is 2.71. The Bertz CT molecular complexity index is 581. The molecule has 112 valence electrons. The number of ether oxygens (including phenoxy) is 1. The van der Waals surface area contributed by atoms with Gasteiger partial charge in [-0.1, -0.05) is 6.07 Å². The maximum Gasteiger partial charge on any atom is 0.414 e. The van der Waals surface area contributed by atoms with Gasteiger partial charge >= 0.3 is 6.09 Å². The highest BCUT2D eigenvalue weighted by Gasteiger charge is 2.44. The first-order valence-electron chi connectivity index (χ1n) is 7.13. The molecule has 0 spiro atoms. The number of rotatable bonds is 4. The van der Waals surface area contributed by atoms with Gasteiger partial charge in [-0.25, -0.2) is 4.79 Å². The predicted molar refractivity (Wildman–Crippen MR) is 79.1 cm³/mol. The normalized spacial score (nSPS) is 20.9. The number of hydrogen-bond acceptors (Lipinski definition) is 4. The Morgan fingerprint density at radius 2 is 2.24 bits per heavy atom. The van der Waals surface area contributed by atoms with Crippen molar-refractivity contribution in [3.63, 3.8) is 0 Å². The first-order chi connectivity index (χ1) is 9.98. The third-order valence-corrected chi connectivity index (χ3v) is 4.09. The largest absolute Gasteiger partial charge is 0.447 e. The van der Waals surface area contributed by atoms with Gasteiger partial charge in [-0.15, -0.1) is 0 Å². The number of carbonyl (C=O) groups excluding carboxylic acids is 2. The highest BCUT2D eigenvalue weighted by Crippen LogP contribution is 2.38. The van der Waals surface area contributed by atoms with Gasteiger partial charge in [-0.2, -0.15) is 0 Å². The van der Waals surface area contributed by atoms with E-state index in [1.807, 2.05) is 6.07 Å². The van der Waals surface area contributed by atoms with Crippen LogP contribution in [0.3, 0.4) is 0 Å². The fourth-order valence-corrected chi connectivity index (χ4v) is 2.51. The van der Waals surface area contributed by atoms with E-state index in [0.29, 0.717) is 24.5 Å². The van der Waals surface area contributed by atoms with Crippen LogP contribution in [-0.2, 0) is 9.53 Å². The van der Waals surface area contributed by atoms with Crippen LogP contribution in [0.25, 0.3) is 0 Å². The smallest absolute Gasteiger partial charge is 0.414 e. The van der Waals surface area contributed by atoms with Gasteiger partial charge in [-0.05, 0) is 43.9 Å². The second-order valence-corrected chi connectivity index (χ2v) is 5.83. The molecule has 1 unspecified atom stereocenters. The monoisotopic (exact) mass is 289 g/mol. The summed E-state index contributed by atoms with van der Waals surface area (Å²) in [7, 11) is 0. The van der Waals surface area contributed by atoms with Crippen molar-refractivity contribution in [3.8, 4) is 0 Å². The first-order valence-corrected chi connectivity index (χ1v) is 7.13. The lowest BCUT2D eigenvalue weighted by Gasteiger charge is -2.23. The molecular weight excluding hydrogens is 270 g/mol. The highest BCUT2D eigenvalue weighted by atomic mass is 16.6. The predicted octanol–water partition coefficient (Wildman–Crippen LogP) is 1.71. The molecule has 2 amide bonds. The maximum atomic E-state index is 12.3. The average molecular weight is 289 g/mol. The van der Waals surface area contributed by atoms with E-state index in [9.17, 15) is 9.59 Å². The number of nitrogens with zero attached hydrogens (tertiary/aromatic N) is 1. The Hall–Kier alpha value is -2.08. The zero-order valence-corrected chi connectivity index (χ0v) is 12.0. The molecule has 3 N–H and O–H groups in total. The average Bonchev–Trinajstić information content (AvgIpc) is 3.22. The highest BCUT2D eigenvalue weighted by molar-refractivity contribution is 5.99. The molecule has 0 aromatic heterocycles. The Kier molecular flexibility index (Phi) is 3.33. The minimum atomic E-state index is -0.845. The van der Waals surface area contributed by atoms with Crippen LogP contribution in [0.15, 0.2) is 24.3 Å². The van der Waals surface area contributed by atoms with Crippen LogP contribution in [-0.4, -0.2) is 30.7 Å². The van der Waals surface area contributed by atoms with Crippen molar-refractivity contribution in [1.29, 1.82) is 0 Å². The van der Waals surface area contributed by atoms with Crippen molar-refractivity contribution < 1.29 is 14.3 Å². The van der Waals surface area contributed by atoms with Crippen molar-refractivity contribution in [1.82, 2.24) is 0 Å². The summed E-state index contributed by atoms with van der Waals surface area (Å²) in [5, 5.41) is 2.84. The molecule has 1 atom stereocenters. The molecule has 1 saturated carbocycles. The van der Waals surface area contributed by atoms with E-state index >= 15 is 0 Å². The standard InChI is InChI=1S/C15H19N3O3/c1-15(16,10-5-6-10)13(19)17-11-3-2-4-12(9-11)18-7-8-21-14(18)20/h2-4,9-10H,5-8,16H2,1H3,(H,17,19). The van der Waals surface area contributed by atoms with E-state index in [1.165, 1.54) is 4.90 Å². The summed E-state index contributed by atoms with van der Waals surface area (Å²) in [6, 6.07) is 7.14. The molecule has 0 radical (unpaired) electrons. The zero-order chi connectivity index (χ0) is 15.0. The zero-order valence-electron chi connectivity index (χ0n) is 12.0. The first kappa shape index (κ1) is 13.9. The van der Waals surface area contributed by atoms with Gasteiger partial charge in [-0.3, -0.25) is 9.69 Å². The van der Waals surface area contributed by atoms with E-state index in [-0.39, 0.29) is 17.9 Å². The molecular formula is C15H19N3O3. The van der Waals surface area contributed by atoms with Crippen LogP contribution in [0.1, 0.15) is 19.8 Å². The second kappa shape index (κ2) is 5.04. The van der Waals surface area contributed by atoms with Crippen LogP contribution in [0.2, 0.25) is 0 Å². The minimum Gasteiger partial charge on any atom is -0.447 e. The maximum absolute atomic E-state index is 12.3. The quantitative estimate of drug-likeness (QED) is 0.883. The molecule has 1 aliphatic carbocycles. The topological polar surface area (TPSA) is 84.7 Å². The summed E-state index contributed by atoms with van der Waals surface area (Å²) in [4.78, 5) is 25.4. The van der Waals surface area contributed by atoms with Crippen molar-refractivity contribution in [2.45, 2.75) is 25.3 Å². The van der Waals surface area contributed by atoms with Gasteiger partial charge in [0.25, 0.3) is 0 Å². The van der Waals surface area contributed by atoms with Gasteiger partial charge in [0.1, 0.15) is 6.61 Å². The summed E-state index contributed by atoms with van der Waals surface area (Å²) in [6.45, 7) is 2.67. The number of nitrogens with one attached hydrogen (secondary N) is 1. The number of carbonyl (C=O) groups is 2. The lowest BCUT2D eigenvalue weighted by atomic mass is 9.96. The van der Waals surface area contributed by atoms with E-state index in [4.69, 9.17) is 10.5 Å². The Morgan fingerprint density at radius 3 is 2.86 bits per heavy atom. The SMILES string of the molecule is CC(N)(C(=O)Nc1cccc(N2CCOC2=O)c1)C1CC1. The van der Waals surface area contributed by atoms with Crippen LogP contribution in [0.4, 0.5) is 16.2 Å². The van der Waals surface area contributed by atoms with Crippen LogP contribution < -0.4 is 16.0 Å². The van der Waals surface area contributed by atoms with Gasteiger partial charge in [0.15, 0.2) is 0 Å². The summed E-state index contributed by atoms with van der Waals surface area (Å²) in [5.74, 6) is 0.0698. The molecule has 6 heteroatoms. The molecule has 1 saturated heterocycles. The van der Waals surface area contributed by atoms with Gasteiger partial charge in [0.2, 0.25) is 5.91 Å². The van der Waals surface area contributed by atoms with Gasteiger partial charge < -0.3 is 15.8 Å². The fraction of sp³-hybridized carbons (Fsp3) is 0.467. The lowest BCUT2D eigenvalue weighted by molar-refractivity contribution is -0.121. The third-order valence-electron chi connectivity index (χ3n) is 4.09. The number of hydrogen-bond donors (Lipinski definition) is 2. The van der Waals surface area contributed by atoms with E-state index in [2.05, 4.69) is 5.32 Å². The molecule has 6 nitrogen and oxygen atoms in total. The Balaban J connectivity index is 1.74. The van der Waals surface area contributed by atoms with E-state index in [0.717, 1.165) is 12.8 Å². The van der Waals surface area contributed by atoms with E-state index in [1.54, 1.807) is 25.1 Å². The fourth-order valence-electron chi connectivity index (χ4n) is 2.51. The van der Waals surface area contributed by atoms with Crippen LogP contribution in [0.5, 0.6) is 0 Å².